The summed E-state index contributed by atoms with van der Waals surface area (Å²) in [5, 5.41) is 1.60. The molecular weight excluding hydrogens is 204 g/mol. The molecule has 0 spiro atoms. The van der Waals surface area contributed by atoms with Gasteiger partial charge in [0.2, 0.25) is 0 Å². The number of amidine groups is 1. The van der Waals surface area contributed by atoms with Crippen molar-refractivity contribution in [2.24, 2.45) is 4.99 Å². The number of amides is 1. The number of nitrogens with zero attached hydrogens (tertiary/aromatic N) is 2. The summed E-state index contributed by atoms with van der Waals surface area (Å²) in [7, 11) is 0. The number of hydrogen-bond acceptors (Lipinski definition) is 4. The summed E-state index contributed by atoms with van der Waals surface area (Å²) in [6, 6.07) is 0. The van der Waals surface area contributed by atoms with Crippen LogP contribution in [0.25, 0.3) is 0 Å². The van der Waals surface area contributed by atoms with Crippen LogP contribution in [0.2, 0.25) is 0 Å². The molecule has 2 aliphatic heterocycles. The lowest BCUT2D eigenvalue weighted by Gasteiger charge is -2.31. The number of rotatable bonds is 0. The third kappa shape index (κ3) is 2.20. The van der Waals surface area contributed by atoms with Crippen molar-refractivity contribution in [3.8, 4) is 0 Å². The van der Waals surface area contributed by atoms with Crippen LogP contribution >= 0.6 is 23.5 Å². The SMILES string of the molecule is CC1CN(C2=NC(=O)CS2)CCS1. The first kappa shape index (κ1) is 9.40. The lowest BCUT2D eigenvalue weighted by atomic mass is 10.4. The highest BCUT2D eigenvalue weighted by molar-refractivity contribution is 8.14. The van der Waals surface area contributed by atoms with Crippen LogP contribution in [0, 0.1) is 0 Å². The molecule has 0 aliphatic carbocycles. The molecule has 1 fully saturated rings. The van der Waals surface area contributed by atoms with Crippen molar-refractivity contribution >= 4 is 34.6 Å². The van der Waals surface area contributed by atoms with Crippen LogP contribution in [0.15, 0.2) is 4.99 Å². The van der Waals surface area contributed by atoms with Crippen molar-refractivity contribution in [1.29, 1.82) is 0 Å². The van der Waals surface area contributed by atoms with Gasteiger partial charge in [0.15, 0.2) is 5.17 Å². The van der Waals surface area contributed by atoms with Crippen molar-refractivity contribution in [2.75, 3.05) is 24.6 Å². The lowest BCUT2D eigenvalue weighted by Crippen LogP contribution is -2.39. The minimum atomic E-state index is 0.0193. The number of thioether (sulfide) groups is 2. The third-order valence-corrected chi connectivity index (χ3v) is 4.19. The highest BCUT2D eigenvalue weighted by Gasteiger charge is 2.24. The second-order valence-electron chi connectivity index (χ2n) is 3.20. The maximum absolute atomic E-state index is 10.9. The number of carbonyl (C=O) groups excluding carboxylic acids is 1. The fourth-order valence-corrected chi connectivity index (χ4v) is 3.30. The molecule has 5 heteroatoms. The van der Waals surface area contributed by atoms with E-state index in [2.05, 4.69) is 16.8 Å². The molecule has 0 aromatic heterocycles. The van der Waals surface area contributed by atoms with E-state index in [9.17, 15) is 4.79 Å². The standard InChI is InChI=1S/C8H12N2OS2/c1-6-4-10(2-3-12-6)8-9-7(11)5-13-8/h6H,2-5H2,1H3. The van der Waals surface area contributed by atoms with Crippen LogP contribution in [0.4, 0.5) is 0 Å². The molecule has 0 radical (unpaired) electrons. The van der Waals surface area contributed by atoms with Crippen molar-refractivity contribution in [3.63, 3.8) is 0 Å². The molecule has 3 nitrogen and oxygen atoms in total. The van der Waals surface area contributed by atoms with Crippen LogP contribution < -0.4 is 0 Å². The first-order valence-electron chi connectivity index (χ1n) is 4.36. The number of aliphatic imine (C=N–C) groups is 1. The van der Waals surface area contributed by atoms with E-state index in [0.717, 1.165) is 24.0 Å². The molecule has 2 heterocycles. The minimum Gasteiger partial charge on any atom is -0.349 e. The molecule has 13 heavy (non-hydrogen) atoms. The Morgan fingerprint density at radius 2 is 2.46 bits per heavy atom. The first-order valence-corrected chi connectivity index (χ1v) is 6.40. The Bertz CT molecular complexity index is 255. The van der Waals surface area contributed by atoms with Gasteiger partial charge >= 0.3 is 0 Å². The number of hydrogen-bond donors (Lipinski definition) is 0. The largest absolute Gasteiger partial charge is 0.349 e. The molecule has 0 aromatic carbocycles. The Morgan fingerprint density at radius 3 is 3.08 bits per heavy atom. The monoisotopic (exact) mass is 216 g/mol. The molecule has 2 aliphatic rings. The topological polar surface area (TPSA) is 32.7 Å². The molecular formula is C8H12N2OS2. The van der Waals surface area contributed by atoms with Gasteiger partial charge in [-0.1, -0.05) is 18.7 Å². The van der Waals surface area contributed by atoms with Crippen molar-refractivity contribution in [3.05, 3.63) is 0 Å². The fraction of sp³-hybridized carbons (Fsp3) is 0.750. The van der Waals surface area contributed by atoms with Crippen LogP contribution in [0.5, 0.6) is 0 Å². The summed E-state index contributed by atoms with van der Waals surface area (Å²) in [5.41, 5.74) is 0. The van der Waals surface area contributed by atoms with Crippen molar-refractivity contribution in [1.82, 2.24) is 4.90 Å². The highest BCUT2D eigenvalue weighted by Crippen LogP contribution is 2.23. The Kier molecular flexibility index (Phi) is 2.83. The van der Waals surface area contributed by atoms with E-state index in [0.29, 0.717) is 11.0 Å². The van der Waals surface area contributed by atoms with Gasteiger partial charge in [-0.05, 0) is 0 Å². The van der Waals surface area contributed by atoms with Gasteiger partial charge in [-0.25, -0.2) is 0 Å². The molecule has 0 aromatic rings. The highest BCUT2D eigenvalue weighted by atomic mass is 32.2. The van der Waals surface area contributed by atoms with Crippen molar-refractivity contribution < 1.29 is 4.79 Å². The molecule has 72 valence electrons. The maximum Gasteiger partial charge on any atom is 0.258 e. The summed E-state index contributed by atoms with van der Waals surface area (Å²) in [5.74, 6) is 1.70. The predicted molar refractivity (Wildman–Crippen MR) is 58.4 cm³/mol. The molecule has 1 unspecified atom stereocenters. The van der Waals surface area contributed by atoms with Gasteiger partial charge in [-0.2, -0.15) is 16.8 Å². The van der Waals surface area contributed by atoms with Gasteiger partial charge in [-0.15, -0.1) is 0 Å². The zero-order valence-electron chi connectivity index (χ0n) is 7.52. The zero-order valence-corrected chi connectivity index (χ0v) is 9.16. The molecule has 1 atom stereocenters. The maximum atomic E-state index is 10.9. The summed E-state index contributed by atoms with van der Waals surface area (Å²) >= 11 is 3.57. The van der Waals surface area contributed by atoms with Gasteiger partial charge in [0, 0.05) is 24.1 Å². The van der Waals surface area contributed by atoms with Crippen LogP contribution in [-0.2, 0) is 4.79 Å². The average molecular weight is 216 g/mol. The molecule has 0 bridgehead atoms. The van der Waals surface area contributed by atoms with E-state index in [4.69, 9.17) is 0 Å². The lowest BCUT2D eigenvalue weighted by molar-refractivity contribution is -0.115. The molecule has 1 amide bonds. The summed E-state index contributed by atoms with van der Waals surface area (Å²) < 4.78 is 0. The third-order valence-electron chi connectivity index (χ3n) is 2.06. The number of carbonyl (C=O) groups is 1. The molecule has 1 saturated heterocycles. The zero-order chi connectivity index (χ0) is 9.26. The van der Waals surface area contributed by atoms with Gasteiger partial charge in [0.25, 0.3) is 5.91 Å². The van der Waals surface area contributed by atoms with Crippen LogP contribution in [0.3, 0.4) is 0 Å². The second kappa shape index (κ2) is 3.92. The summed E-state index contributed by atoms with van der Waals surface area (Å²) in [6.07, 6.45) is 0. The summed E-state index contributed by atoms with van der Waals surface area (Å²) in [6.45, 7) is 4.29. The van der Waals surface area contributed by atoms with Gasteiger partial charge in [0.1, 0.15) is 0 Å². The fourth-order valence-electron chi connectivity index (χ4n) is 1.45. The van der Waals surface area contributed by atoms with E-state index >= 15 is 0 Å². The molecule has 2 rings (SSSR count). The minimum absolute atomic E-state index is 0.0193. The second-order valence-corrected chi connectivity index (χ2v) is 5.69. The normalized spacial score (nSPS) is 29.3. The quantitative estimate of drug-likeness (QED) is 0.606. The Labute approximate surface area is 86.3 Å². The Balaban J connectivity index is 2.00. The Hall–Kier alpha value is -0.160. The van der Waals surface area contributed by atoms with Gasteiger partial charge in [0.05, 0.1) is 5.75 Å². The van der Waals surface area contributed by atoms with Gasteiger partial charge < -0.3 is 4.90 Å². The summed E-state index contributed by atoms with van der Waals surface area (Å²) in [4.78, 5) is 17.2. The van der Waals surface area contributed by atoms with Crippen LogP contribution in [-0.4, -0.2) is 45.8 Å². The van der Waals surface area contributed by atoms with E-state index in [1.54, 1.807) is 11.8 Å². The Morgan fingerprint density at radius 1 is 1.62 bits per heavy atom. The van der Waals surface area contributed by atoms with E-state index in [-0.39, 0.29) is 5.91 Å². The smallest absolute Gasteiger partial charge is 0.258 e. The van der Waals surface area contributed by atoms with Gasteiger partial charge in [-0.3, -0.25) is 4.79 Å². The van der Waals surface area contributed by atoms with Crippen molar-refractivity contribution in [2.45, 2.75) is 12.2 Å². The first-order chi connectivity index (χ1) is 6.25. The molecule has 0 saturated carbocycles. The average Bonchev–Trinajstić information content (AvgIpc) is 2.52. The predicted octanol–water partition coefficient (Wildman–Crippen LogP) is 1.05. The molecule has 0 N–H and O–H groups in total. The van der Waals surface area contributed by atoms with E-state index < -0.39 is 0 Å². The van der Waals surface area contributed by atoms with Crippen LogP contribution in [0.1, 0.15) is 6.92 Å². The van der Waals surface area contributed by atoms with E-state index in [1.807, 2.05) is 11.8 Å². The van der Waals surface area contributed by atoms with E-state index in [1.165, 1.54) is 0 Å².